The zero-order chi connectivity index (χ0) is 26.1. The largest absolute Gasteiger partial charge is 0.337 e. The molecule has 37 heavy (non-hydrogen) atoms. The highest BCUT2D eigenvalue weighted by Crippen LogP contribution is 2.30. The van der Waals surface area contributed by atoms with E-state index >= 15 is 0 Å². The van der Waals surface area contributed by atoms with Gasteiger partial charge in [-0.15, -0.1) is 0 Å². The molecular formula is C27H34N8O2. The lowest BCUT2D eigenvalue weighted by Gasteiger charge is -2.46. The molecule has 2 atom stereocenters. The number of fused-ring (bicyclic) bond motifs is 1. The summed E-state index contributed by atoms with van der Waals surface area (Å²) in [5.41, 5.74) is 3.02. The summed E-state index contributed by atoms with van der Waals surface area (Å²) in [6.45, 7) is 8.26. The molecule has 2 amide bonds. The molecule has 0 radical (unpaired) electrons. The van der Waals surface area contributed by atoms with Gasteiger partial charge < -0.3 is 20.5 Å². The van der Waals surface area contributed by atoms with Crippen molar-refractivity contribution >= 4 is 40.4 Å². The van der Waals surface area contributed by atoms with E-state index in [4.69, 9.17) is 5.41 Å². The average Bonchev–Trinajstić information content (AvgIpc) is 3.21. The number of imidazole rings is 1. The van der Waals surface area contributed by atoms with Crippen LogP contribution in [0.15, 0.2) is 36.5 Å². The fourth-order valence-electron chi connectivity index (χ4n) is 5.06. The number of carbonyl (C=O) groups is 2. The molecule has 2 fully saturated rings. The predicted molar refractivity (Wildman–Crippen MR) is 143 cm³/mol. The van der Waals surface area contributed by atoms with Gasteiger partial charge in [0.2, 0.25) is 11.9 Å². The van der Waals surface area contributed by atoms with Gasteiger partial charge in [0, 0.05) is 49.4 Å². The number of H-pyrrole nitrogens is 1. The Labute approximate surface area is 216 Å². The van der Waals surface area contributed by atoms with Crippen LogP contribution < -0.4 is 10.6 Å². The number of aromatic amines is 1. The number of nitrogens with zero attached hydrogens (tertiary/aromatic N) is 4. The molecule has 4 N–H and O–H groups in total. The van der Waals surface area contributed by atoms with Gasteiger partial charge in [0.15, 0.2) is 0 Å². The molecule has 0 unspecified atom stereocenters. The second kappa shape index (κ2) is 10.3. The number of pyridine rings is 1. The maximum Gasteiger partial charge on any atom is 0.256 e. The van der Waals surface area contributed by atoms with Gasteiger partial charge in [-0.2, -0.15) is 0 Å². The lowest BCUT2D eigenvalue weighted by molar-refractivity contribution is -0.144. The minimum Gasteiger partial charge on any atom is -0.337 e. The number of benzene rings is 1. The van der Waals surface area contributed by atoms with Crippen LogP contribution in [0.2, 0.25) is 0 Å². The van der Waals surface area contributed by atoms with Gasteiger partial charge in [0.1, 0.15) is 5.82 Å². The van der Waals surface area contributed by atoms with Crippen molar-refractivity contribution in [1.29, 1.82) is 5.41 Å². The highest BCUT2D eigenvalue weighted by molar-refractivity contribution is 6.06. The van der Waals surface area contributed by atoms with E-state index in [0.29, 0.717) is 28.8 Å². The van der Waals surface area contributed by atoms with Crippen LogP contribution >= 0.6 is 0 Å². The molecule has 1 aliphatic carbocycles. The van der Waals surface area contributed by atoms with E-state index in [0.717, 1.165) is 43.6 Å². The Morgan fingerprint density at radius 3 is 2.68 bits per heavy atom. The minimum absolute atomic E-state index is 0.0934. The van der Waals surface area contributed by atoms with Crippen LogP contribution in [0, 0.1) is 11.3 Å². The molecule has 0 spiro atoms. The van der Waals surface area contributed by atoms with Crippen LogP contribution in [0.4, 0.5) is 11.8 Å². The van der Waals surface area contributed by atoms with Gasteiger partial charge in [-0.3, -0.25) is 19.9 Å². The van der Waals surface area contributed by atoms with Crippen molar-refractivity contribution < 1.29 is 9.59 Å². The number of anilines is 2. The molecule has 2 aliphatic rings. The first-order valence-corrected chi connectivity index (χ1v) is 12.9. The molecule has 10 nitrogen and oxygen atoms in total. The van der Waals surface area contributed by atoms with Gasteiger partial charge in [-0.1, -0.05) is 6.42 Å². The molecule has 2 aromatic heterocycles. The minimum atomic E-state index is -0.329. The third-order valence-corrected chi connectivity index (χ3v) is 7.35. The normalized spacial score (nSPS) is 20.5. The van der Waals surface area contributed by atoms with Crippen LogP contribution in [-0.2, 0) is 11.3 Å². The molecule has 10 heteroatoms. The van der Waals surface area contributed by atoms with Crippen molar-refractivity contribution in [2.75, 3.05) is 18.4 Å². The molecule has 3 heterocycles. The second-order valence-corrected chi connectivity index (χ2v) is 10.3. The average molecular weight is 503 g/mol. The van der Waals surface area contributed by atoms with Crippen LogP contribution in [0.1, 0.15) is 56.0 Å². The van der Waals surface area contributed by atoms with Crippen LogP contribution in [0.5, 0.6) is 0 Å². The molecule has 0 bridgehead atoms. The number of amides is 2. The first kappa shape index (κ1) is 24.9. The van der Waals surface area contributed by atoms with E-state index in [2.05, 4.69) is 49.2 Å². The van der Waals surface area contributed by atoms with Crippen molar-refractivity contribution in [3.05, 3.63) is 47.7 Å². The highest BCUT2D eigenvalue weighted by Gasteiger charge is 2.36. The molecule has 1 aromatic carbocycles. The van der Waals surface area contributed by atoms with E-state index in [9.17, 15) is 9.59 Å². The summed E-state index contributed by atoms with van der Waals surface area (Å²) in [4.78, 5) is 41.8. The monoisotopic (exact) mass is 502 g/mol. The van der Waals surface area contributed by atoms with Crippen molar-refractivity contribution in [2.45, 2.75) is 58.7 Å². The quantitative estimate of drug-likeness (QED) is 0.301. The Kier molecular flexibility index (Phi) is 6.92. The number of hydrogen-bond donors (Lipinski definition) is 4. The van der Waals surface area contributed by atoms with Crippen LogP contribution in [-0.4, -0.2) is 67.6 Å². The standard InChI is InChI=1S/C27H34N8O2/c1-16-14-35(26(37)20-5-4-6-20)17(2)13-34(16)15-19-9-10-29-24(11-19)33-27-31-22-8-7-21(12-23(22)32-27)25(36)30-18(3)28/h7-12,16-17,20H,4-6,13-15H2,1-3H3,(H2,28,30,36)(H2,29,31,32,33)/t16-,17+/m0/s1. The summed E-state index contributed by atoms with van der Waals surface area (Å²) in [7, 11) is 0. The summed E-state index contributed by atoms with van der Waals surface area (Å²) >= 11 is 0. The Bertz CT molecular complexity index is 1330. The van der Waals surface area contributed by atoms with Gasteiger partial charge >= 0.3 is 0 Å². The molecule has 194 valence electrons. The Morgan fingerprint density at radius 1 is 1.14 bits per heavy atom. The molecule has 1 saturated carbocycles. The summed E-state index contributed by atoms with van der Waals surface area (Å²) < 4.78 is 0. The third-order valence-electron chi connectivity index (χ3n) is 7.35. The fraction of sp³-hybridized carbons (Fsp3) is 0.444. The third kappa shape index (κ3) is 5.48. The lowest BCUT2D eigenvalue weighted by Crippen LogP contribution is -2.59. The number of aromatic nitrogens is 3. The molecule has 1 aliphatic heterocycles. The predicted octanol–water partition coefficient (Wildman–Crippen LogP) is 3.65. The molecule has 3 aromatic rings. The topological polar surface area (TPSA) is 130 Å². The molecule has 5 rings (SSSR count). The summed E-state index contributed by atoms with van der Waals surface area (Å²) in [6, 6.07) is 9.69. The number of carbonyl (C=O) groups excluding carboxylic acids is 2. The van der Waals surface area contributed by atoms with Gasteiger partial charge in [-0.25, -0.2) is 9.97 Å². The van der Waals surface area contributed by atoms with Crippen molar-refractivity contribution in [3.8, 4) is 0 Å². The number of hydrogen-bond acceptors (Lipinski definition) is 7. The number of nitrogens with one attached hydrogen (secondary N) is 4. The Morgan fingerprint density at radius 2 is 1.95 bits per heavy atom. The smallest absolute Gasteiger partial charge is 0.256 e. The van der Waals surface area contributed by atoms with Crippen LogP contribution in [0.3, 0.4) is 0 Å². The summed E-state index contributed by atoms with van der Waals surface area (Å²) in [5, 5.41) is 13.2. The zero-order valence-corrected chi connectivity index (χ0v) is 21.5. The van der Waals surface area contributed by atoms with E-state index in [1.54, 1.807) is 24.4 Å². The lowest BCUT2D eigenvalue weighted by atomic mass is 9.83. The van der Waals surface area contributed by atoms with Crippen molar-refractivity contribution in [2.24, 2.45) is 5.92 Å². The van der Waals surface area contributed by atoms with E-state index in [1.807, 2.05) is 12.1 Å². The van der Waals surface area contributed by atoms with E-state index < -0.39 is 0 Å². The molecule has 1 saturated heterocycles. The zero-order valence-electron chi connectivity index (χ0n) is 21.5. The van der Waals surface area contributed by atoms with E-state index in [1.165, 1.54) is 13.3 Å². The van der Waals surface area contributed by atoms with Gasteiger partial charge in [0.05, 0.1) is 16.9 Å². The number of piperazine rings is 1. The van der Waals surface area contributed by atoms with Gasteiger partial charge in [-0.05, 0) is 69.5 Å². The first-order valence-electron chi connectivity index (χ1n) is 12.9. The van der Waals surface area contributed by atoms with Crippen molar-refractivity contribution in [3.63, 3.8) is 0 Å². The highest BCUT2D eigenvalue weighted by atomic mass is 16.2. The maximum atomic E-state index is 12.8. The summed E-state index contributed by atoms with van der Waals surface area (Å²) in [6.07, 6.45) is 5.04. The van der Waals surface area contributed by atoms with Crippen LogP contribution in [0.25, 0.3) is 11.0 Å². The summed E-state index contributed by atoms with van der Waals surface area (Å²) in [5.74, 6) is 1.55. The van der Waals surface area contributed by atoms with Crippen molar-refractivity contribution in [1.82, 2.24) is 30.1 Å². The van der Waals surface area contributed by atoms with E-state index in [-0.39, 0.29) is 29.7 Å². The first-order chi connectivity index (χ1) is 17.8. The SMILES string of the molecule is CC(=N)NC(=O)c1ccc2nc(Nc3cc(CN4C[C@@H](C)N(C(=O)C5CCC5)C[C@@H]4C)ccn3)[nH]c2c1. The van der Waals surface area contributed by atoms with Gasteiger partial charge in [0.25, 0.3) is 5.91 Å². The second-order valence-electron chi connectivity index (χ2n) is 10.3. The molecular weight excluding hydrogens is 468 g/mol. The number of amidine groups is 1. The fourth-order valence-corrected chi connectivity index (χ4v) is 5.06. The maximum absolute atomic E-state index is 12.8. The Balaban J connectivity index is 1.24. The number of rotatable bonds is 6. The Hall–Kier alpha value is -3.79.